The summed E-state index contributed by atoms with van der Waals surface area (Å²) in [6, 6.07) is 17.7. The van der Waals surface area contributed by atoms with Crippen LogP contribution in [-0.2, 0) is 9.59 Å². The summed E-state index contributed by atoms with van der Waals surface area (Å²) in [6.07, 6.45) is -0.701. The molecule has 0 aliphatic carbocycles. The van der Waals surface area contributed by atoms with Gasteiger partial charge in [0.05, 0.1) is 18.6 Å². The molecule has 0 radical (unpaired) electrons. The molecule has 3 heterocycles. The van der Waals surface area contributed by atoms with Crippen LogP contribution in [0.1, 0.15) is 45.1 Å². The van der Waals surface area contributed by atoms with E-state index in [4.69, 9.17) is 4.74 Å². The van der Waals surface area contributed by atoms with E-state index in [-0.39, 0.29) is 42.9 Å². The Kier molecular flexibility index (Phi) is 10.7. The van der Waals surface area contributed by atoms with Gasteiger partial charge >= 0.3 is 6.09 Å². The molecule has 10 heteroatoms. The molecule has 2 atom stereocenters. The van der Waals surface area contributed by atoms with Gasteiger partial charge < -0.3 is 30.2 Å². The lowest BCUT2D eigenvalue weighted by Crippen LogP contribution is -2.81. The zero-order valence-electron chi connectivity index (χ0n) is 23.8. The van der Waals surface area contributed by atoms with Crippen LogP contribution in [0.4, 0.5) is 4.79 Å². The van der Waals surface area contributed by atoms with Gasteiger partial charge in [-0.1, -0.05) is 71.0 Å². The minimum atomic E-state index is -0.701. The number of nitrogens with zero attached hydrogens (tertiary/aromatic N) is 2. The predicted molar refractivity (Wildman–Crippen MR) is 154 cm³/mol. The molecule has 2 aromatic carbocycles. The Hall–Kier alpha value is -4.34. The van der Waals surface area contributed by atoms with Gasteiger partial charge in [-0.15, -0.1) is 0 Å². The Morgan fingerprint density at radius 2 is 1.38 bits per heavy atom. The van der Waals surface area contributed by atoms with Crippen molar-refractivity contribution in [1.82, 2.24) is 25.4 Å². The van der Waals surface area contributed by atoms with Crippen molar-refractivity contribution in [2.45, 2.75) is 46.7 Å². The van der Waals surface area contributed by atoms with E-state index in [0.29, 0.717) is 24.5 Å². The number of H-pyrrole nitrogens is 1. The first-order valence-electron chi connectivity index (χ1n) is 13.7. The van der Waals surface area contributed by atoms with Crippen molar-refractivity contribution in [3.05, 3.63) is 66.4 Å². The van der Waals surface area contributed by atoms with E-state index < -0.39 is 6.09 Å². The van der Waals surface area contributed by atoms with Crippen LogP contribution in [0.3, 0.4) is 0 Å². The van der Waals surface area contributed by atoms with Crippen molar-refractivity contribution in [3.63, 3.8) is 0 Å². The number of rotatable bonds is 6. The highest BCUT2D eigenvalue weighted by Crippen LogP contribution is 2.33. The molecule has 2 aliphatic rings. The van der Waals surface area contributed by atoms with Gasteiger partial charge in [-0.25, -0.2) is 4.79 Å². The van der Waals surface area contributed by atoms with Crippen LogP contribution in [0, 0.1) is 5.92 Å². The highest BCUT2D eigenvalue weighted by molar-refractivity contribution is 5.99. The Balaban J connectivity index is 0.000000677. The van der Waals surface area contributed by atoms with Crippen LogP contribution in [0.2, 0.25) is 0 Å². The van der Waals surface area contributed by atoms with Crippen LogP contribution < -0.4 is 15.4 Å². The summed E-state index contributed by atoms with van der Waals surface area (Å²) in [5, 5.41) is 6.02. The third-order valence-corrected chi connectivity index (χ3v) is 6.17. The molecule has 4 amide bonds. The van der Waals surface area contributed by atoms with Crippen molar-refractivity contribution >= 4 is 34.7 Å². The van der Waals surface area contributed by atoms with Crippen molar-refractivity contribution in [3.8, 4) is 5.75 Å². The van der Waals surface area contributed by atoms with Gasteiger partial charge in [0.1, 0.15) is 18.0 Å². The van der Waals surface area contributed by atoms with E-state index in [1.165, 1.54) is 0 Å². The second-order valence-electron chi connectivity index (χ2n) is 9.97. The minimum absolute atomic E-state index is 0.0577. The zero-order valence-corrected chi connectivity index (χ0v) is 23.8. The SMILES string of the molecule is CC.CC(C)C.O=C(NCC(=O)N1CC2C1CN2C(=O)CNC(=O)c1cc2ccccc2[nH]1)Oc1ccccc1. The summed E-state index contributed by atoms with van der Waals surface area (Å²) in [7, 11) is 0. The van der Waals surface area contributed by atoms with Gasteiger partial charge in [-0.05, 0) is 30.2 Å². The third-order valence-electron chi connectivity index (χ3n) is 6.17. The number of carbonyl (C=O) groups is 4. The Morgan fingerprint density at radius 1 is 0.850 bits per heavy atom. The molecule has 3 aromatic rings. The smallest absolute Gasteiger partial charge is 0.410 e. The van der Waals surface area contributed by atoms with Crippen LogP contribution in [0.25, 0.3) is 10.9 Å². The Morgan fingerprint density at radius 3 is 1.93 bits per heavy atom. The molecule has 1 aromatic heterocycles. The van der Waals surface area contributed by atoms with Crippen LogP contribution in [0.5, 0.6) is 5.75 Å². The number of para-hydroxylation sites is 2. The number of aromatic nitrogens is 1. The van der Waals surface area contributed by atoms with E-state index in [9.17, 15) is 19.2 Å². The number of fused-ring (bicyclic) bond motifs is 2. The fraction of sp³-hybridized carbons (Fsp3) is 0.400. The van der Waals surface area contributed by atoms with Crippen molar-refractivity contribution in [1.29, 1.82) is 0 Å². The number of nitrogens with one attached hydrogen (secondary N) is 3. The molecule has 0 saturated carbocycles. The summed E-state index contributed by atoms with van der Waals surface area (Å²) >= 11 is 0. The maximum Gasteiger partial charge on any atom is 0.413 e. The van der Waals surface area contributed by atoms with Gasteiger partial charge in [0.25, 0.3) is 5.91 Å². The molecule has 2 unspecified atom stereocenters. The van der Waals surface area contributed by atoms with Crippen LogP contribution >= 0.6 is 0 Å². The molecule has 3 N–H and O–H groups in total. The molecule has 40 heavy (non-hydrogen) atoms. The fourth-order valence-corrected chi connectivity index (χ4v) is 4.26. The van der Waals surface area contributed by atoms with Gasteiger partial charge in [0.2, 0.25) is 11.8 Å². The number of amides is 4. The highest BCUT2D eigenvalue weighted by atomic mass is 16.6. The molecule has 10 nitrogen and oxygen atoms in total. The van der Waals surface area contributed by atoms with Gasteiger partial charge in [-0.2, -0.15) is 0 Å². The summed E-state index contributed by atoms with van der Waals surface area (Å²) in [5.74, 6) is 0.453. The predicted octanol–water partition coefficient (Wildman–Crippen LogP) is 3.80. The van der Waals surface area contributed by atoms with Crippen LogP contribution in [-0.4, -0.2) is 76.9 Å². The second-order valence-corrected chi connectivity index (χ2v) is 9.97. The first-order valence-corrected chi connectivity index (χ1v) is 13.7. The van der Waals surface area contributed by atoms with E-state index in [1.807, 2.05) is 38.1 Å². The van der Waals surface area contributed by atoms with Crippen molar-refractivity contribution < 1.29 is 23.9 Å². The maximum atomic E-state index is 12.5. The summed E-state index contributed by atoms with van der Waals surface area (Å²) in [5.41, 5.74) is 1.25. The first-order chi connectivity index (χ1) is 19.2. The molecular weight excluding hydrogens is 510 g/mol. The van der Waals surface area contributed by atoms with Crippen molar-refractivity contribution in [2.75, 3.05) is 26.2 Å². The largest absolute Gasteiger partial charge is 0.413 e. The van der Waals surface area contributed by atoms with Gasteiger partial charge in [-0.3, -0.25) is 14.4 Å². The number of likely N-dealkylation sites (tertiary alicyclic amines) is 2. The lowest BCUT2D eigenvalue weighted by Gasteiger charge is -2.61. The monoisotopic (exact) mass is 549 g/mol. The van der Waals surface area contributed by atoms with E-state index in [0.717, 1.165) is 16.8 Å². The highest BCUT2D eigenvalue weighted by Gasteiger charge is 2.54. The number of piperazine rings is 1. The summed E-state index contributed by atoms with van der Waals surface area (Å²) in [6.45, 7) is 11.0. The number of aromatic amines is 1. The standard InChI is InChI=1S/C24H23N5O5.C4H10.C2H6/c30-21(11-25-23(32)18-10-15-6-4-5-9-17(15)27-18)28-13-20-19(28)14-29(20)22(31)12-26-24(33)34-16-7-2-1-3-8-16;1-4(2)3;1-2/h1-10,19-20,27H,11-14H2,(H,25,32)(H,26,33);4H,1-3H3;1-2H3. The first kappa shape index (κ1) is 30.2. The number of benzene rings is 2. The van der Waals surface area contributed by atoms with E-state index >= 15 is 0 Å². The quantitative estimate of drug-likeness (QED) is 0.432. The molecule has 2 fully saturated rings. The fourth-order valence-electron chi connectivity index (χ4n) is 4.26. The van der Waals surface area contributed by atoms with E-state index in [2.05, 4.69) is 36.4 Å². The number of carbonyl (C=O) groups excluding carboxylic acids is 4. The van der Waals surface area contributed by atoms with Gasteiger partial charge in [0.15, 0.2) is 0 Å². The minimum Gasteiger partial charge on any atom is -0.410 e. The molecule has 2 aliphatic heterocycles. The second kappa shape index (κ2) is 14.2. The van der Waals surface area contributed by atoms with E-state index in [1.54, 1.807) is 46.2 Å². The lowest BCUT2D eigenvalue weighted by molar-refractivity contribution is -0.175. The summed E-state index contributed by atoms with van der Waals surface area (Å²) < 4.78 is 5.09. The van der Waals surface area contributed by atoms with Crippen LogP contribution in [0.15, 0.2) is 60.7 Å². The molecule has 5 rings (SSSR count). The third kappa shape index (κ3) is 7.62. The average molecular weight is 550 g/mol. The summed E-state index contributed by atoms with van der Waals surface area (Å²) in [4.78, 5) is 55.5. The average Bonchev–Trinajstić information content (AvgIpc) is 3.37. The Bertz CT molecular complexity index is 1270. The normalized spacial score (nSPS) is 16.6. The van der Waals surface area contributed by atoms with Gasteiger partial charge in [0, 0.05) is 24.0 Å². The zero-order chi connectivity index (χ0) is 29.2. The lowest BCUT2D eigenvalue weighted by atomic mass is 9.85. The number of hydrogen-bond donors (Lipinski definition) is 3. The molecule has 214 valence electrons. The molecular formula is C30H39N5O5. The molecule has 0 bridgehead atoms. The number of hydrogen-bond acceptors (Lipinski definition) is 5. The molecule has 2 saturated heterocycles. The topological polar surface area (TPSA) is 124 Å². The number of ether oxygens (including phenoxy) is 1. The van der Waals surface area contributed by atoms with Crippen molar-refractivity contribution in [2.24, 2.45) is 5.92 Å². The maximum absolute atomic E-state index is 12.5. The molecule has 0 spiro atoms. The Labute approximate surface area is 235 Å².